The van der Waals surface area contributed by atoms with E-state index in [2.05, 4.69) is 9.97 Å². The second kappa shape index (κ2) is 6.08. The van der Waals surface area contributed by atoms with Crippen LogP contribution in [0.4, 0.5) is 10.2 Å². The number of nitrogens with zero attached hydrogens (tertiary/aromatic N) is 4. The summed E-state index contributed by atoms with van der Waals surface area (Å²) >= 11 is 0. The van der Waals surface area contributed by atoms with Crippen molar-refractivity contribution in [1.29, 1.82) is 0 Å². The SMILES string of the molecule is CCc1ncnc(N2CCC(S(=O)(=O)N3CCCC3)C2)c1F. The van der Waals surface area contributed by atoms with Gasteiger partial charge in [-0.3, -0.25) is 0 Å². The van der Waals surface area contributed by atoms with Gasteiger partial charge in [0.15, 0.2) is 11.6 Å². The molecule has 0 bridgehead atoms. The van der Waals surface area contributed by atoms with E-state index >= 15 is 0 Å². The van der Waals surface area contributed by atoms with Gasteiger partial charge >= 0.3 is 0 Å². The Morgan fingerprint density at radius 1 is 1.27 bits per heavy atom. The number of aryl methyl sites for hydroxylation is 1. The summed E-state index contributed by atoms with van der Waals surface area (Å²) in [4.78, 5) is 9.67. The Hall–Kier alpha value is -1.28. The van der Waals surface area contributed by atoms with Gasteiger partial charge in [0.2, 0.25) is 10.0 Å². The molecule has 0 saturated carbocycles. The highest BCUT2D eigenvalue weighted by atomic mass is 32.2. The molecule has 122 valence electrons. The normalized spacial score (nSPS) is 23.4. The maximum absolute atomic E-state index is 14.3. The number of hydrogen-bond acceptors (Lipinski definition) is 5. The summed E-state index contributed by atoms with van der Waals surface area (Å²) in [5.41, 5.74) is 0.371. The van der Waals surface area contributed by atoms with Gasteiger partial charge in [0.05, 0.1) is 10.9 Å². The van der Waals surface area contributed by atoms with E-state index in [1.807, 2.05) is 6.92 Å². The molecule has 2 fully saturated rings. The molecule has 3 rings (SSSR count). The Bertz CT molecular complexity index is 646. The van der Waals surface area contributed by atoms with Crippen LogP contribution in [0.3, 0.4) is 0 Å². The predicted molar refractivity (Wildman–Crippen MR) is 81.7 cm³/mol. The minimum absolute atomic E-state index is 0.228. The smallest absolute Gasteiger partial charge is 0.218 e. The lowest BCUT2D eigenvalue weighted by Crippen LogP contribution is -2.38. The Morgan fingerprint density at radius 3 is 2.68 bits per heavy atom. The molecule has 1 aromatic heterocycles. The van der Waals surface area contributed by atoms with Gasteiger partial charge < -0.3 is 4.90 Å². The Kier molecular flexibility index (Phi) is 4.31. The molecule has 2 saturated heterocycles. The molecule has 0 aromatic carbocycles. The fourth-order valence-electron chi connectivity index (χ4n) is 3.18. The summed E-state index contributed by atoms with van der Waals surface area (Å²) in [5.74, 6) is -0.199. The van der Waals surface area contributed by atoms with E-state index in [0.717, 1.165) is 12.8 Å². The number of hydrogen-bond donors (Lipinski definition) is 0. The van der Waals surface area contributed by atoms with Crippen LogP contribution in [-0.2, 0) is 16.4 Å². The molecule has 1 aromatic rings. The van der Waals surface area contributed by atoms with Crippen LogP contribution in [0.2, 0.25) is 0 Å². The van der Waals surface area contributed by atoms with Gasteiger partial charge in [0.25, 0.3) is 0 Å². The molecule has 0 aliphatic carbocycles. The third kappa shape index (κ3) is 2.69. The fourth-order valence-corrected chi connectivity index (χ4v) is 5.14. The maximum atomic E-state index is 14.3. The first-order valence-electron chi connectivity index (χ1n) is 7.77. The van der Waals surface area contributed by atoms with Crippen LogP contribution < -0.4 is 4.90 Å². The molecular formula is C14H21FN4O2S. The first kappa shape index (κ1) is 15.6. The van der Waals surface area contributed by atoms with Gasteiger partial charge in [-0.05, 0) is 25.7 Å². The van der Waals surface area contributed by atoms with Crippen LogP contribution in [0.1, 0.15) is 31.9 Å². The van der Waals surface area contributed by atoms with E-state index in [0.29, 0.717) is 44.7 Å². The van der Waals surface area contributed by atoms with E-state index in [-0.39, 0.29) is 5.82 Å². The summed E-state index contributed by atoms with van der Waals surface area (Å²) in [6.45, 7) is 3.87. The van der Waals surface area contributed by atoms with E-state index in [1.165, 1.54) is 6.33 Å². The zero-order valence-corrected chi connectivity index (χ0v) is 13.5. The summed E-state index contributed by atoms with van der Waals surface area (Å²) in [6.07, 6.45) is 4.21. The maximum Gasteiger partial charge on any atom is 0.218 e. The third-order valence-corrected chi connectivity index (χ3v) is 6.78. The molecule has 6 nitrogen and oxygen atoms in total. The van der Waals surface area contributed by atoms with Crippen LogP contribution in [0.5, 0.6) is 0 Å². The van der Waals surface area contributed by atoms with Crippen molar-refractivity contribution >= 4 is 15.8 Å². The Labute approximate surface area is 130 Å². The van der Waals surface area contributed by atoms with Gasteiger partial charge in [-0.15, -0.1) is 0 Å². The molecular weight excluding hydrogens is 307 g/mol. The lowest BCUT2D eigenvalue weighted by Gasteiger charge is -2.22. The minimum Gasteiger partial charge on any atom is -0.353 e. The van der Waals surface area contributed by atoms with Crippen molar-refractivity contribution < 1.29 is 12.8 Å². The van der Waals surface area contributed by atoms with Crippen molar-refractivity contribution in [2.24, 2.45) is 0 Å². The summed E-state index contributed by atoms with van der Waals surface area (Å²) in [7, 11) is -3.28. The average Bonchev–Trinajstić information content (AvgIpc) is 3.19. The predicted octanol–water partition coefficient (Wildman–Crippen LogP) is 1.18. The van der Waals surface area contributed by atoms with E-state index in [4.69, 9.17) is 0 Å². The topological polar surface area (TPSA) is 66.4 Å². The van der Waals surface area contributed by atoms with Gasteiger partial charge in [0.1, 0.15) is 6.33 Å². The quantitative estimate of drug-likeness (QED) is 0.830. The van der Waals surface area contributed by atoms with E-state index in [1.54, 1.807) is 9.21 Å². The van der Waals surface area contributed by atoms with Crippen LogP contribution >= 0.6 is 0 Å². The Balaban J connectivity index is 1.78. The van der Waals surface area contributed by atoms with Crippen LogP contribution in [0, 0.1) is 5.82 Å². The number of sulfonamides is 1. The number of aromatic nitrogens is 2. The lowest BCUT2D eigenvalue weighted by atomic mass is 10.3. The van der Waals surface area contributed by atoms with Gasteiger partial charge in [-0.1, -0.05) is 6.92 Å². The molecule has 1 atom stereocenters. The van der Waals surface area contributed by atoms with Gasteiger partial charge in [0, 0.05) is 26.2 Å². The molecule has 2 aliphatic heterocycles. The number of rotatable bonds is 4. The molecule has 2 aliphatic rings. The zero-order valence-electron chi connectivity index (χ0n) is 12.7. The van der Waals surface area contributed by atoms with Crippen LogP contribution in [0.15, 0.2) is 6.33 Å². The van der Waals surface area contributed by atoms with E-state index in [9.17, 15) is 12.8 Å². The highest BCUT2D eigenvalue weighted by molar-refractivity contribution is 7.89. The van der Waals surface area contributed by atoms with Crippen molar-refractivity contribution in [3.05, 3.63) is 17.8 Å². The average molecular weight is 328 g/mol. The molecule has 0 radical (unpaired) electrons. The Morgan fingerprint density at radius 2 is 2.00 bits per heavy atom. The second-order valence-electron chi connectivity index (χ2n) is 5.82. The fraction of sp³-hybridized carbons (Fsp3) is 0.714. The number of anilines is 1. The summed E-state index contributed by atoms with van der Waals surface area (Å²) in [5, 5.41) is -0.468. The van der Waals surface area contributed by atoms with Gasteiger partial charge in [-0.2, -0.15) is 0 Å². The van der Waals surface area contributed by atoms with Gasteiger partial charge in [-0.25, -0.2) is 27.1 Å². The van der Waals surface area contributed by atoms with E-state index < -0.39 is 21.1 Å². The van der Waals surface area contributed by atoms with Crippen molar-refractivity contribution in [2.75, 3.05) is 31.1 Å². The lowest BCUT2D eigenvalue weighted by molar-refractivity contribution is 0.467. The number of halogens is 1. The molecule has 0 spiro atoms. The minimum atomic E-state index is -3.28. The van der Waals surface area contributed by atoms with Crippen LogP contribution in [-0.4, -0.2) is 54.1 Å². The monoisotopic (exact) mass is 328 g/mol. The molecule has 0 N–H and O–H groups in total. The van der Waals surface area contributed by atoms with Crippen molar-refractivity contribution in [3.63, 3.8) is 0 Å². The highest BCUT2D eigenvalue weighted by Crippen LogP contribution is 2.28. The molecule has 22 heavy (non-hydrogen) atoms. The molecule has 0 amide bonds. The molecule has 1 unspecified atom stereocenters. The molecule has 3 heterocycles. The standard InChI is InChI=1S/C14H21FN4O2S/c1-2-12-13(15)14(17-10-16-12)18-8-5-11(9-18)22(20,21)19-6-3-4-7-19/h10-11H,2-9H2,1H3. The zero-order chi connectivity index (χ0) is 15.7. The van der Waals surface area contributed by atoms with Crippen molar-refractivity contribution in [1.82, 2.24) is 14.3 Å². The summed E-state index contributed by atoms with van der Waals surface area (Å²) < 4.78 is 41.1. The first-order valence-corrected chi connectivity index (χ1v) is 9.27. The van der Waals surface area contributed by atoms with Crippen LogP contribution in [0.25, 0.3) is 0 Å². The summed E-state index contributed by atoms with van der Waals surface area (Å²) in [6, 6.07) is 0. The largest absolute Gasteiger partial charge is 0.353 e. The second-order valence-corrected chi connectivity index (χ2v) is 8.03. The van der Waals surface area contributed by atoms with Crippen molar-refractivity contribution in [3.8, 4) is 0 Å². The first-order chi connectivity index (χ1) is 10.5. The van der Waals surface area contributed by atoms with Crippen molar-refractivity contribution in [2.45, 2.75) is 37.9 Å². The highest BCUT2D eigenvalue weighted by Gasteiger charge is 2.39. The molecule has 8 heteroatoms. The third-order valence-electron chi connectivity index (χ3n) is 4.47.